The molecular weight excluding hydrogens is 168 g/mol. The van der Waals surface area contributed by atoms with E-state index in [1.54, 1.807) is 24.4 Å². The monoisotopic (exact) mass is 176 g/mol. The van der Waals surface area contributed by atoms with Crippen molar-refractivity contribution < 1.29 is 9.53 Å². The lowest BCUT2D eigenvalue weighted by Gasteiger charge is -2.07. The van der Waals surface area contributed by atoms with Gasteiger partial charge in [-0.3, -0.25) is 9.78 Å². The Morgan fingerprint density at radius 1 is 1.69 bits per heavy atom. The van der Waals surface area contributed by atoms with Crippen LogP contribution in [-0.2, 0) is 9.53 Å². The zero-order valence-corrected chi connectivity index (χ0v) is 7.10. The molecule has 13 heavy (non-hydrogen) atoms. The van der Waals surface area contributed by atoms with Crippen LogP contribution in [0.25, 0.3) is 0 Å². The predicted octanol–water partition coefficient (Wildman–Crippen LogP) is 1.21. The van der Waals surface area contributed by atoms with Crippen molar-refractivity contribution in [3.63, 3.8) is 0 Å². The fraction of sp³-hybridized carbons (Fsp3) is 0.222. The zero-order chi connectivity index (χ0) is 9.68. The van der Waals surface area contributed by atoms with Crippen LogP contribution in [0.5, 0.6) is 0 Å². The van der Waals surface area contributed by atoms with Gasteiger partial charge in [-0.05, 0) is 12.1 Å². The molecule has 1 aromatic heterocycles. The van der Waals surface area contributed by atoms with Gasteiger partial charge in [0.25, 0.3) is 0 Å². The lowest BCUT2D eigenvalue weighted by molar-refractivity contribution is -0.144. The number of nitriles is 1. The highest BCUT2D eigenvalue weighted by atomic mass is 16.5. The van der Waals surface area contributed by atoms with E-state index >= 15 is 0 Å². The number of carbonyl (C=O) groups excluding carboxylic acids is 1. The van der Waals surface area contributed by atoms with Gasteiger partial charge in [-0.1, -0.05) is 6.07 Å². The maximum Gasteiger partial charge on any atom is 0.304 e. The molecule has 1 atom stereocenters. The molecular formula is C9H8N2O2. The van der Waals surface area contributed by atoms with Gasteiger partial charge < -0.3 is 4.74 Å². The Morgan fingerprint density at radius 2 is 2.46 bits per heavy atom. The number of pyridine rings is 1. The van der Waals surface area contributed by atoms with E-state index in [0.717, 1.165) is 0 Å². The van der Waals surface area contributed by atoms with E-state index < -0.39 is 12.1 Å². The molecule has 0 spiro atoms. The maximum atomic E-state index is 10.6. The third-order valence-corrected chi connectivity index (χ3v) is 1.36. The van der Waals surface area contributed by atoms with E-state index in [2.05, 4.69) is 4.98 Å². The van der Waals surface area contributed by atoms with E-state index in [0.29, 0.717) is 5.69 Å². The minimum atomic E-state index is -0.904. The van der Waals surface area contributed by atoms with Gasteiger partial charge in [0.1, 0.15) is 6.07 Å². The summed E-state index contributed by atoms with van der Waals surface area (Å²) in [5.41, 5.74) is 0.445. The van der Waals surface area contributed by atoms with E-state index in [1.807, 2.05) is 6.07 Å². The normalized spacial score (nSPS) is 11.4. The predicted molar refractivity (Wildman–Crippen MR) is 44.4 cm³/mol. The van der Waals surface area contributed by atoms with Gasteiger partial charge in [0.2, 0.25) is 6.10 Å². The first-order chi connectivity index (χ1) is 6.24. The molecule has 4 heteroatoms. The van der Waals surface area contributed by atoms with Crippen molar-refractivity contribution in [2.24, 2.45) is 0 Å². The smallest absolute Gasteiger partial charge is 0.304 e. The number of hydrogen-bond acceptors (Lipinski definition) is 4. The first-order valence-electron chi connectivity index (χ1n) is 3.72. The van der Waals surface area contributed by atoms with Gasteiger partial charge in [-0.25, -0.2) is 0 Å². The Balaban J connectivity index is 2.80. The third kappa shape index (κ3) is 2.56. The van der Waals surface area contributed by atoms with Crippen molar-refractivity contribution in [2.45, 2.75) is 13.0 Å². The summed E-state index contributed by atoms with van der Waals surface area (Å²) in [6.07, 6.45) is 0.641. The van der Waals surface area contributed by atoms with Crippen LogP contribution in [0.4, 0.5) is 0 Å². The number of carbonyl (C=O) groups is 1. The fourth-order valence-electron chi connectivity index (χ4n) is 0.850. The summed E-state index contributed by atoms with van der Waals surface area (Å²) in [5.74, 6) is -0.489. The summed E-state index contributed by atoms with van der Waals surface area (Å²) < 4.78 is 4.72. The number of aromatic nitrogens is 1. The molecule has 0 saturated heterocycles. The summed E-state index contributed by atoms with van der Waals surface area (Å²) in [6, 6.07) is 6.94. The highest BCUT2D eigenvalue weighted by molar-refractivity contribution is 5.66. The summed E-state index contributed by atoms with van der Waals surface area (Å²) in [7, 11) is 0. The molecule has 1 heterocycles. The molecule has 0 amide bonds. The van der Waals surface area contributed by atoms with Crippen LogP contribution in [0.15, 0.2) is 24.4 Å². The quantitative estimate of drug-likeness (QED) is 0.635. The molecule has 0 N–H and O–H groups in total. The van der Waals surface area contributed by atoms with Crippen LogP contribution in [0.2, 0.25) is 0 Å². The molecule has 1 aromatic rings. The molecule has 0 aromatic carbocycles. The molecule has 0 aliphatic rings. The third-order valence-electron chi connectivity index (χ3n) is 1.36. The van der Waals surface area contributed by atoms with Crippen molar-refractivity contribution in [2.75, 3.05) is 0 Å². The lowest BCUT2D eigenvalue weighted by atomic mass is 10.2. The number of ether oxygens (including phenoxy) is 1. The van der Waals surface area contributed by atoms with E-state index in [-0.39, 0.29) is 0 Å². The largest absolute Gasteiger partial charge is 0.440 e. The Kier molecular flexibility index (Phi) is 2.98. The minimum absolute atomic E-state index is 0.445. The van der Waals surface area contributed by atoms with E-state index in [1.165, 1.54) is 6.92 Å². The molecule has 0 fully saturated rings. The SMILES string of the molecule is CC(=O)O[C@H](C#N)c1ccccn1. The average molecular weight is 176 g/mol. The molecule has 0 bridgehead atoms. The second-order valence-corrected chi connectivity index (χ2v) is 2.37. The summed E-state index contributed by atoms with van der Waals surface area (Å²) in [4.78, 5) is 14.5. The molecule has 0 unspecified atom stereocenters. The van der Waals surface area contributed by atoms with Crippen molar-refractivity contribution in [3.05, 3.63) is 30.1 Å². The van der Waals surface area contributed by atoms with Gasteiger partial charge in [-0.15, -0.1) is 0 Å². The second-order valence-electron chi connectivity index (χ2n) is 2.37. The fourth-order valence-corrected chi connectivity index (χ4v) is 0.850. The topological polar surface area (TPSA) is 63.0 Å². The molecule has 0 aliphatic heterocycles. The first-order valence-corrected chi connectivity index (χ1v) is 3.72. The average Bonchev–Trinajstić information content (AvgIpc) is 2.15. The summed E-state index contributed by atoms with van der Waals surface area (Å²) >= 11 is 0. The second kappa shape index (κ2) is 4.21. The van der Waals surface area contributed by atoms with Crippen LogP contribution in [0.3, 0.4) is 0 Å². The standard InChI is InChI=1S/C9H8N2O2/c1-7(12)13-9(6-10)8-4-2-3-5-11-8/h2-5,9H,1H3/t9-/m1/s1. The van der Waals surface area contributed by atoms with Crippen LogP contribution < -0.4 is 0 Å². The number of esters is 1. The Morgan fingerprint density at radius 3 is 2.92 bits per heavy atom. The van der Waals surface area contributed by atoms with Gasteiger partial charge in [-0.2, -0.15) is 5.26 Å². The minimum Gasteiger partial charge on any atom is -0.440 e. The Labute approximate surface area is 75.8 Å². The zero-order valence-electron chi connectivity index (χ0n) is 7.10. The van der Waals surface area contributed by atoms with Crippen LogP contribution in [-0.4, -0.2) is 11.0 Å². The summed E-state index contributed by atoms with van der Waals surface area (Å²) in [5, 5.41) is 8.66. The van der Waals surface area contributed by atoms with Gasteiger partial charge >= 0.3 is 5.97 Å². The van der Waals surface area contributed by atoms with E-state index in [9.17, 15) is 4.79 Å². The molecule has 0 aliphatic carbocycles. The van der Waals surface area contributed by atoms with Crippen molar-refractivity contribution in [1.82, 2.24) is 4.98 Å². The number of hydrogen-bond donors (Lipinski definition) is 0. The molecule has 1 rings (SSSR count). The molecule has 0 saturated carbocycles. The first kappa shape index (κ1) is 9.20. The highest BCUT2D eigenvalue weighted by Crippen LogP contribution is 2.12. The van der Waals surface area contributed by atoms with Crippen LogP contribution >= 0.6 is 0 Å². The van der Waals surface area contributed by atoms with Gasteiger partial charge in [0.15, 0.2) is 0 Å². The van der Waals surface area contributed by atoms with Crippen LogP contribution in [0, 0.1) is 11.3 Å². The Hall–Kier alpha value is -1.89. The van der Waals surface area contributed by atoms with E-state index in [4.69, 9.17) is 10.00 Å². The molecule has 0 radical (unpaired) electrons. The van der Waals surface area contributed by atoms with Gasteiger partial charge in [0.05, 0.1) is 5.69 Å². The van der Waals surface area contributed by atoms with Crippen LogP contribution in [0.1, 0.15) is 18.7 Å². The Bertz CT molecular complexity index is 329. The number of nitrogens with zero attached hydrogens (tertiary/aromatic N) is 2. The van der Waals surface area contributed by atoms with Gasteiger partial charge in [0, 0.05) is 13.1 Å². The van der Waals surface area contributed by atoms with Crippen molar-refractivity contribution in [1.29, 1.82) is 5.26 Å². The lowest BCUT2D eigenvalue weighted by Crippen LogP contribution is -2.07. The molecule has 66 valence electrons. The van der Waals surface area contributed by atoms with Crippen molar-refractivity contribution >= 4 is 5.97 Å². The highest BCUT2D eigenvalue weighted by Gasteiger charge is 2.13. The molecule has 4 nitrogen and oxygen atoms in total. The summed E-state index contributed by atoms with van der Waals surface area (Å²) in [6.45, 7) is 1.26. The number of rotatable bonds is 2. The van der Waals surface area contributed by atoms with Crippen molar-refractivity contribution in [3.8, 4) is 6.07 Å². The maximum absolute atomic E-state index is 10.6.